The molecule has 0 saturated heterocycles. The van der Waals surface area contributed by atoms with Crippen molar-refractivity contribution in [1.29, 1.82) is 0 Å². The average molecular weight is 171 g/mol. The van der Waals surface area contributed by atoms with Crippen molar-refractivity contribution in [2.75, 3.05) is 6.54 Å². The van der Waals surface area contributed by atoms with Crippen molar-refractivity contribution in [1.82, 2.24) is 5.32 Å². The van der Waals surface area contributed by atoms with Gasteiger partial charge in [0.05, 0.1) is 0 Å². The third-order valence-electron chi connectivity index (χ3n) is 3.69. The van der Waals surface area contributed by atoms with E-state index in [4.69, 9.17) is 0 Å². The maximum absolute atomic E-state index is 3.56. The summed E-state index contributed by atoms with van der Waals surface area (Å²) in [5.41, 5.74) is 0.675. The Kier molecular flexibility index (Phi) is 4.25. The van der Waals surface area contributed by atoms with Crippen LogP contribution in [0.3, 0.4) is 0 Å². The van der Waals surface area contributed by atoms with Gasteiger partial charge in [-0.15, -0.1) is 0 Å². The number of rotatable bonds is 5. The van der Waals surface area contributed by atoms with Crippen LogP contribution in [0.1, 0.15) is 54.4 Å². The first-order chi connectivity index (χ1) is 5.43. The topological polar surface area (TPSA) is 12.0 Å². The highest BCUT2D eigenvalue weighted by Gasteiger charge is 2.36. The summed E-state index contributed by atoms with van der Waals surface area (Å²) in [6, 6.07) is 0. The van der Waals surface area contributed by atoms with E-state index in [2.05, 4.69) is 46.9 Å². The van der Waals surface area contributed by atoms with E-state index >= 15 is 0 Å². The van der Waals surface area contributed by atoms with Gasteiger partial charge in [0.15, 0.2) is 0 Å². The Morgan fingerprint density at radius 2 is 1.33 bits per heavy atom. The number of hydrogen-bond donors (Lipinski definition) is 1. The second-order valence-corrected chi connectivity index (χ2v) is 4.42. The predicted molar refractivity (Wildman–Crippen MR) is 56.4 cm³/mol. The molecule has 0 heterocycles. The SMILES string of the molecule is CCNC(C)(C)C(C)(CC)CC. The third kappa shape index (κ3) is 2.22. The Balaban J connectivity index is 4.46. The lowest BCUT2D eigenvalue weighted by Gasteiger charge is -2.44. The second kappa shape index (κ2) is 4.27. The molecule has 0 fully saturated rings. The van der Waals surface area contributed by atoms with Gasteiger partial charge in [-0.1, -0.05) is 27.7 Å². The molecule has 0 amide bonds. The minimum atomic E-state index is 0.255. The number of hydrogen-bond acceptors (Lipinski definition) is 1. The van der Waals surface area contributed by atoms with Gasteiger partial charge < -0.3 is 5.32 Å². The maximum Gasteiger partial charge on any atom is 0.0178 e. The summed E-state index contributed by atoms with van der Waals surface area (Å²) in [7, 11) is 0. The van der Waals surface area contributed by atoms with Gasteiger partial charge in [0.2, 0.25) is 0 Å². The van der Waals surface area contributed by atoms with Gasteiger partial charge in [0.1, 0.15) is 0 Å². The van der Waals surface area contributed by atoms with Gasteiger partial charge >= 0.3 is 0 Å². The van der Waals surface area contributed by atoms with E-state index in [9.17, 15) is 0 Å². The summed E-state index contributed by atoms with van der Waals surface area (Å²) in [6.45, 7) is 14.8. The fraction of sp³-hybridized carbons (Fsp3) is 1.00. The van der Waals surface area contributed by atoms with E-state index < -0.39 is 0 Å². The van der Waals surface area contributed by atoms with E-state index in [0.717, 1.165) is 6.54 Å². The lowest BCUT2D eigenvalue weighted by molar-refractivity contribution is 0.122. The van der Waals surface area contributed by atoms with Crippen LogP contribution in [0.2, 0.25) is 0 Å². The quantitative estimate of drug-likeness (QED) is 0.670. The minimum absolute atomic E-state index is 0.255. The largest absolute Gasteiger partial charge is 0.312 e. The molecule has 0 aromatic rings. The van der Waals surface area contributed by atoms with E-state index in [1.165, 1.54) is 12.8 Å². The van der Waals surface area contributed by atoms with E-state index in [-0.39, 0.29) is 5.54 Å². The zero-order valence-electron chi connectivity index (χ0n) is 9.62. The molecular formula is C11H25N. The molecule has 1 heteroatoms. The van der Waals surface area contributed by atoms with Crippen LogP contribution in [0.4, 0.5) is 0 Å². The van der Waals surface area contributed by atoms with Gasteiger partial charge in [-0.25, -0.2) is 0 Å². The molecule has 0 aliphatic heterocycles. The van der Waals surface area contributed by atoms with Crippen LogP contribution < -0.4 is 5.32 Å². The predicted octanol–water partition coefficient (Wildman–Crippen LogP) is 3.20. The summed E-state index contributed by atoms with van der Waals surface area (Å²) in [6.07, 6.45) is 2.48. The Morgan fingerprint density at radius 3 is 1.58 bits per heavy atom. The van der Waals surface area contributed by atoms with Crippen molar-refractivity contribution in [2.24, 2.45) is 5.41 Å². The van der Waals surface area contributed by atoms with Crippen molar-refractivity contribution in [3.63, 3.8) is 0 Å². The van der Waals surface area contributed by atoms with Crippen LogP contribution in [0.5, 0.6) is 0 Å². The van der Waals surface area contributed by atoms with Crippen molar-refractivity contribution >= 4 is 0 Å². The normalized spacial score (nSPS) is 13.5. The van der Waals surface area contributed by atoms with Crippen molar-refractivity contribution in [3.05, 3.63) is 0 Å². The van der Waals surface area contributed by atoms with Gasteiger partial charge in [0, 0.05) is 5.54 Å². The standard InChI is InChI=1S/C11H25N/c1-7-11(6,8-2)10(4,5)12-9-3/h12H,7-9H2,1-6H3. The van der Waals surface area contributed by atoms with Crippen molar-refractivity contribution < 1.29 is 0 Å². The van der Waals surface area contributed by atoms with Gasteiger partial charge in [0.25, 0.3) is 0 Å². The van der Waals surface area contributed by atoms with Crippen LogP contribution in [0, 0.1) is 5.41 Å². The number of nitrogens with one attached hydrogen (secondary N) is 1. The van der Waals surface area contributed by atoms with Crippen molar-refractivity contribution in [3.8, 4) is 0 Å². The molecular weight excluding hydrogens is 146 g/mol. The van der Waals surface area contributed by atoms with Crippen LogP contribution in [0.25, 0.3) is 0 Å². The van der Waals surface area contributed by atoms with Crippen LogP contribution in [-0.4, -0.2) is 12.1 Å². The molecule has 0 aliphatic rings. The fourth-order valence-corrected chi connectivity index (χ4v) is 1.79. The third-order valence-corrected chi connectivity index (χ3v) is 3.69. The summed E-state index contributed by atoms with van der Waals surface area (Å²) in [4.78, 5) is 0. The molecule has 74 valence electrons. The highest BCUT2D eigenvalue weighted by Crippen LogP contribution is 2.37. The monoisotopic (exact) mass is 171 g/mol. The van der Waals surface area contributed by atoms with E-state index in [0.29, 0.717) is 5.41 Å². The molecule has 0 aromatic carbocycles. The molecule has 0 unspecified atom stereocenters. The molecule has 0 aliphatic carbocycles. The molecule has 0 rings (SSSR count). The first-order valence-electron chi connectivity index (χ1n) is 5.18. The lowest BCUT2D eigenvalue weighted by atomic mass is 9.69. The molecule has 0 saturated carbocycles. The zero-order chi connectivity index (χ0) is 9.83. The highest BCUT2D eigenvalue weighted by atomic mass is 15.0. The van der Waals surface area contributed by atoms with E-state index in [1.54, 1.807) is 0 Å². The van der Waals surface area contributed by atoms with E-state index in [1.807, 2.05) is 0 Å². The Hall–Kier alpha value is -0.0400. The Bertz CT molecular complexity index is 123. The Morgan fingerprint density at radius 1 is 0.917 bits per heavy atom. The first kappa shape index (κ1) is 12.0. The summed E-state index contributed by atoms with van der Waals surface area (Å²) >= 11 is 0. The van der Waals surface area contributed by atoms with Gasteiger partial charge in [-0.3, -0.25) is 0 Å². The van der Waals surface area contributed by atoms with Crippen LogP contribution >= 0.6 is 0 Å². The highest BCUT2D eigenvalue weighted by molar-refractivity contribution is 4.93. The molecule has 12 heavy (non-hydrogen) atoms. The van der Waals surface area contributed by atoms with Gasteiger partial charge in [-0.05, 0) is 38.6 Å². The smallest absolute Gasteiger partial charge is 0.0178 e. The van der Waals surface area contributed by atoms with Crippen molar-refractivity contribution in [2.45, 2.75) is 59.9 Å². The average Bonchev–Trinajstić information content (AvgIpc) is 2.02. The maximum atomic E-state index is 3.56. The molecule has 0 aromatic heterocycles. The van der Waals surface area contributed by atoms with Crippen LogP contribution in [0.15, 0.2) is 0 Å². The summed E-state index contributed by atoms with van der Waals surface area (Å²) in [5, 5.41) is 3.56. The van der Waals surface area contributed by atoms with Crippen LogP contribution in [-0.2, 0) is 0 Å². The molecule has 0 bridgehead atoms. The molecule has 0 spiro atoms. The second-order valence-electron chi connectivity index (χ2n) is 4.42. The molecule has 0 atom stereocenters. The summed E-state index contributed by atoms with van der Waals surface area (Å²) < 4.78 is 0. The molecule has 1 N–H and O–H groups in total. The lowest BCUT2D eigenvalue weighted by Crippen LogP contribution is -2.52. The Labute approximate surface area is 77.9 Å². The van der Waals surface area contributed by atoms with Gasteiger partial charge in [-0.2, -0.15) is 0 Å². The molecule has 0 radical (unpaired) electrons. The first-order valence-corrected chi connectivity index (χ1v) is 5.18. The minimum Gasteiger partial charge on any atom is -0.312 e. The molecule has 1 nitrogen and oxygen atoms in total. The summed E-state index contributed by atoms with van der Waals surface area (Å²) in [5.74, 6) is 0. The fourth-order valence-electron chi connectivity index (χ4n) is 1.79. The zero-order valence-corrected chi connectivity index (χ0v) is 9.62.